The molecular formula is C20H18FN3O3. The number of imidazole rings is 1. The van der Waals surface area contributed by atoms with E-state index < -0.39 is 5.60 Å². The van der Waals surface area contributed by atoms with Gasteiger partial charge in [0.2, 0.25) is 0 Å². The predicted octanol–water partition coefficient (Wildman–Crippen LogP) is 3.10. The number of carbonyl (C=O) groups excluding carboxylic acids is 1. The number of carbonyl (C=O) groups is 1. The van der Waals surface area contributed by atoms with Crippen LogP contribution in [0.1, 0.15) is 22.6 Å². The van der Waals surface area contributed by atoms with E-state index in [2.05, 4.69) is 9.55 Å². The number of nitrogens with zero attached hydrogens (tertiary/aromatic N) is 3. The highest BCUT2D eigenvalue weighted by molar-refractivity contribution is 5.94. The molecule has 6 nitrogen and oxygen atoms in total. The molecule has 1 spiro atoms. The Balaban J connectivity index is 1.41. The van der Waals surface area contributed by atoms with E-state index in [9.17, 15) is 9.18 Å². The van der Waals surface area contributed by atoms with Crippen LogP contribution >= 0.6 is 0 Å². The van der Waals surface area contributed by atoms with Crippen molar-refractivity contribution >= 4 is 5.91 Å². The number of halogens is 1. The highest BCUT2D eigenvalue weighted by Gasteiger charge is 2.44. The average Bonchev–Trinajstić information content (AvgIpc) is 3.41. The number of benzene rings is 1. The zero-order valence-electron chi connectivity index (χ0n) is 14.6. The standard InChI is InChI=1S/C20H18FN3O3/c21-16-3-1-2-14(8-16)17-9-22-18-11-27-20(13-24(17)18)5-6-23(12-20)19(25)15-4-7-26-10-15/h1-4,7-10H,5-6,11-13H2/t20-/m1/s1. The predicted molar refractivity (Wildman–Crippen MR) is 94.4 cm³/mol. The molecule has 1 amide bonds. The quantitative estimate of drug-likeness (QED) is 0.698. The molecule has 0 N–H and O–H groups in total. The highest BCUT2D eigenvalue weighted by Crippen LogP contribution is 2.35. The first-order chi connectivity index (χ1) is 13.1. The van der Waals surface area contributed by atoms with Gasteiger partial charge >= 0.3 is 0 Å². The van der Waals surface area contributed by atoms with Crippen molar-refractivity contribution in [3.63, 3.8) is 0 Å². The molecule has 1 saturated heterocycles. The van der Waals surface area contributed by atoms with Gasteiger partial charge in [0, 0.05) is 12.1 Å². The van der Waals surface area contributed by atoms with Crippen LogP contribution in [-0.4, -0.2) is 39.0 Å². The number of fused-ring (bicyclic) bond motifs is 1. The van der Waals surface area contributed by atoms with Crippen LogP contribution in [0.25, 0.3) is 11.3 Å². The Kier molecular flexibility index (Phi) is 3.65. The first-order valence-corrected chi connectivity index (χ1v) is 8.89. The minimum absolute atomic E-state index is 0.0500. The molecule has 2 aliphatic heterocycles. The number of likely N-dealkylation sites (tertiary alicyclic amines) is 1. The summed E-state index contributed by atoms with van der Waals surface area (Å²) in [7, 11) is 0. The maximum atomic E-state index is 13.7. The molecule has 0 unspecified atom stereocenters. The van der Waals surface area contributed by atoms with E-state index in [1.54, 1.807) is 23.2 Å². The summed E-state index contributed by atoms with van der Waals surface area (Å²) in [5, 5.41) is 0. The summed E-state index contributed by atoms with van der Waals surface area (Å²) < 4.78 is 26.9. The molecule has 3 aromatic rings. The average molecular weight is 367 g/mol. The molecule has 7 heteroatoms. The summed E-state index contributed by atoms with van der Waals surface area (Å²) in [4.78, 5) is 18.8. The summed E-state index contributed by atoms with van der Waals surface area (Å²) >= 11 is 0. The second kappa shape index (κ2) is 6.06. The van der Waals surface area contributed by atoms with Crippen LogP contribution in [0.2, 0.25) is 0 Å². The van der Waals surface area contributed by atoms with E-state index in [0.29, 0.717) is 31.8 Å². The Bertz CT molecular complexity index is 998. The van der Waals surface area contributed by atoms with Crippen molar-refractivity contribution in [3.8, 4) is 11.3 Å². The minimum Gasteiger partial charge on any atom is -0.472 e. The lowest BCUT2D eigenvalue weighted by Crippen LogP contribution is -2.45. The van der Waals surface area contributed by atoms with E-state index in [1.807, 2.05) is 6.07 Å². The Morgan fingerprint density at radius 1 is 1.26 bits per heavy atom. The van der Waals surface area contributed by atoms with Crippen molar-refractivity contribution in [2.24, 2.45) is 0 Å². The topological polar surface area (TPSA) is 60.5 Å². The Morgan fingerprint density at radius 3 is 3.00 bits per heavy atom. The number of hydrogen-bond acceptors (Lipinski definition) is 4. The van der Waals surface area contributed by atoms with Crippen LogP contribution in [0.5, 0.6) is 0 Å². The number of furan rings is 1. The van der Waals surface area contributed by atoms with E-state index >= 15 is 0 Å². The number of aromatic nitrogens is 2. The first kappa shape index (κ1) is 16.3. The summed E-state index contributed by atoms with van der Waals surface area (Å²) in [5.41, 5.74) is 1.75. The zero-order valence-corrected chi connectivity index (χ0v) is 14.6. The van der Waals surface area contributed by atoms with Gasteiger partial charge in [-0.2, -0.15) is 0 Å². The Morgan fingerprint density at radius 2 is 2.19 bits per heavy atom. The molecule has 0 radical (unpaired) electrons. The fourth-order valence-electron chi connectivity index (χ4n) is 3.97. The van der Waals surface area contributed by atoms with E-state index in [0.717, 1.165) is 23.5 Å². The fourth-order valence-corrected chi connectivity index (χ4v) is 3.97. The SMILES string of the molecule is O=C(c1ccoc1)N1CC[C@@]2(C1)Cn1c(-c3cccc(F)c3)cnc1CO2. The van der Waals surface area contributed by atoms with Gasteiger partial charge in [-0.25, -0.2) is 9.37 Å². The second-order valence-corrected chi connectivity index (χ2v) is 7.12. The number of hydrogen-bond donors (Lipinski definition) is 0. The number of rotatable bonds is 2. The van der Waals surface area contributed by atoms with Crippen molar-refractivity contribution in [1.29, 1.82) is 0 Å². The molecule has 2 aromatic heterocycles. The Hall–Kier alpha value is -2.93. The van der Waals surface area contributed by atoms with Crippen molar-refractivity contribution in [1.82, 2.24) is 14.5 Å². The van der Waals surface area contributed by atoms with Gasteiger partial charge in [0.05, 0.1) is 36.8 Å². The van der Waals surface area contributed by atoms with Crippen molar-refractivity contribution in [2.75, 3.05) is 13.1 Å². The fraction of sp³-hybridized carbons (Fsp3) is 0.300. The van der Waals surface area contributed by atoms with Crippen molar-refractivity contribution in [3.05, 3.63) is 66.3 Å². The van der Waals surface area contributed by atoms with E-state index in [1.165, 1.54) is 24.7 Å². The molecule has 0 aliphatic carbocycles. The third kappa shape index (κ3) is 2.75. The van der Waals surface area contributed by atoms with Crippen molar-refractivity contribution < 1.29 is 18.3 Å². The van der Waals surface area contributed by atoms with Gasteiger partial charge in [0.15, 0.2) is 0 Å². The first-order valence-electron chi connectivity index (χ1n) is 8.89. The molecule has 4 heterocycles. The zero-order chi connectivity index (χ0) is 18.4. The molecular weight excluding hydrogens is 349 g/mol. The van der Waals surface area contributed by atoms with Crippen LogP contribution < -0.4 is 0 Å². The third-order valence-corrected chi connectivity index (χ3v) is 5.38. The monoisotopic (exact) mass is 367 g/mol. The lowest BCUT2D eigenvalue weighted by molar-refractivity contribution is -0.0804. The largest absolute Gasteiger partial charge is 0.472 e. The molecule has 0 saturated carbocycles. The van der Waals surface area contributed by atoms with Crippen molar-refractivity contribution in [2.45, 2.75) is 25.2 Å². The van der Waals surface area contributed by atoms with Crippen LogP contribution in [0, 0.1) is 5.82 Å². The highest BCUT2D eigenvalue weighted by atomic mass is 19.1. The lowest BCUT2D eigenvalue weighted by atomic mass is 10.0. The van der Waals surface area contributed by atoms with E-state index in [-0.39, 0.29) is 11.7 Å². The smallest absolute Gasteiger partial charge is 0.257 e. The lowest BCUT2D eigenvalue weighted by Gasteiger charge is -2.35. The summed E-state index contributed by atoms with van der Waals surface area (Å²) in [6.45, 7) is 2.10. The van der Waals surface area contributed by atoms with Crippen LogP contribution in [0.4, 0.5) is 4.39 Å². The third-order valence-electron chi connectivity index (χ3n) is 5.38. The maximum absolute atomic E-state index is 13.7. The van der Waals surface area contributed by atoms with Gasteiger partial charge in [-0.1, -0.05) is 12.1 Å². The molecule has 2 aliphatic rings. The maximum Gasteiger partial charge on any atom is 0.257 e. The van der Waals surface area contributed by atoms with Crippen LogP contribution in [-0.2, 0) is 17.9 Å². The summed E-state index contributed by atoms with van der Waals surface area (Å²) in [5.74, 6) is 0.494. The van der Waals surface area contributed by atoms with Gasteiger partial charge in [-0.3, -0.25) is 4.79 Å². The van der Waals surface area contributed by atoms with Crippen LogP contribution in [0.3, 0.4) is 0 Å². The normalized spacial score (nSPS) is 21.6. The molecule has 1 atom stereocenters. The van der Waals surface area contributed by atoms with Crippen LogP contribution in [0.15, 0.2) is 53.5 Å². The molecule has 138 valence electrons. The van der Waals surface area contributed by atoms with Gasteiger partial charge in [-0.05, 0) is 24.6 Å². The van der Waals surface area contributed by atoms with Gasteiger partial charge in [-0.15, -0.1) is 0 Å². The molecule has 27 heavy (non-hydrogen) atoms. The van der Waals surface area contributed by atoms with Gasteiger partial charge < -0.3 is 18.6 Å². The van der Waals surface area contributed by atoms with E-state index in [4.69, 9.17) is 9.15 Å². The minimum atomic E-state index is -0.449. The van der Waals surface area contributed by atoms with Gasteiger partial charge in [0.1, 0.15) is 30.1 Å². The molecule has 1 fully saturated rings. The second-order valence-electron chi connectivity index (χ2n) is 7.12. The van der Waals surface area contributed by atoms with Gasteiger partial charge in [0.25, 0.3) is 5.91 Å². The molecule has 5 rings (SSSR count). The molecule has 1 aromatic carbocycles. The summed E-state index contributed by atoms with van der Waals surface area (Å²) in [6.07, 6.45) is 5.47. The molecule has 0 bridgehead atoms. The Labute approximate surface area is 155 Å². The number of amides is 1. The summed E-state index contributed by atoms with van der Waals surface area (Å²) in [6, 6.07) is 8.18. The number of ether oxygens (including phenoxy) is 1.